The highest BCUT2D eigenvalue weighted by Crippen LogP contribution is 2.29. The molecule has 1 aliphatic rings. The van der Waals surface area contributed by atoms with Gasteiger partial charge in [0.05, 0.1) is 17.2 Å². The molecule has 0 bridgehead atoms. The Morgan fingerprint density at radius 1 is 0.971 bits per heavy atom. The van der Waals surface area contributed by atoms with Crippen LogP contribution in [-0.4, -0.2) is 34.8 Å². The first-order chi connectivity index (χ1) is 16.5. The number of aromatic nitrogens is 1. The molecule has 1 saturated heterocycles. The van der Waals surface area contributed by atoms with Crippen molar-refractivity contribution < 1.29 is 9.59 Å². The van der Waals surface area contributed by atoms with Crippen LogP contribution in [0.2, 0.25) is 0 Å². The summed E-state index contributed by atoms with van der Waals surface area (Å²) in [4.78, 5) is 31.5. The molecule has 0 spiro atoms. The summed E-state index contributed by atoms with van der Waals surface area (Å²) in [6.07, 6.45) is 3.08. The number of pyridine rings is 1. The molecule has 1 fully saturated rings. The lowest BCUT2D eigenvalue weighted by atomic mass is 9.89. The number of nitrogens with zero attached hydrogens (tertiary/aromatic N) is 4. The number of hydrogen-bond acceptors (Lipinski definition) is 5. The van der Waals surface area contributed by atoms with E-state index in [2.05, 4.69) is 16.4 Å². The van der Waals surface area contributed by atoms with Crippen molar-refractivity contribution in [3.63, 3.8) is 0 Å². The van der Waals surface area contributed by atoms with Gasteiger partial charge < -0.3 is 10.2 Å². The first kappa shape index (κ1) is 22.7. The molecule has 1 N–H and O–H groups in total. The molecule has 2 heterocycles. The second-order valence-corrected chi connectivity index (χ2v) is 8.33. The Labute approximate surface area is 198 Å². The molecule has 3 aromatic rings. The maximum Gasteiger partial charge on any atom is 0.257 e. The first-order valence-corrected chi connectivity index (χ1v) is 11.1. The highest BCUT2D eigenvalue weighted by molar-refractivity contribution is 6.05. The Kier molecular flexibility index (Phi) is 6.66. The molecule has 2 amide bonds. The van der Waals surface area contributed by atoms with Crippen LogP contribution in [-0.2, 0) is 0 Å². The topological polar surface area (TPSA) is 110 Å². The summed E-state index contributed by atoms with van der Waals surface area (Å²) in [7, 11) is 0. The fraction of sp³-hybridized carbons (Fsp3) is 0.222. The van der Waals surface area contributed by atoms with E-state index in [0.29, 0.717) is 41.4 Å². The fourth-order valence-corrected chi connectivity index (χ4v) is 4.11. The predicted molar refractivity (Wildman–Crippen MR) is 127 cm³/mol. The molecule has 2 aromatic carbocycles. The minimum absolute atomic E-state index is 0.0613. The van der Waals surface area contributed by atoms with Crippen LogP contribution < -0.4 is 5.32 Å². The van der Waals surface area contributed by atoms with Crippen molar-refractivity contribution in [3.05, 3.63) is 94.3 Å². The van der Waals surface area contributed by atoms with Crippen molar-refractivity contribution in [2.75, 3.05) is 18.4 Å². The Bertz CT molecular complexity index is 1290. The molecule has 0 saturated carbocycles. The monoisotopic (exact) mass is 449 g/mol. The average Bonchev–Trinajstić information content (AvgIpc) is 2.89. The van der Waals surface area contributed by atoms with Gasteiger partial charge in [-0.2, -0.15) is 10.5 Å². The number of hydrogen-bond donors (Lipinski definition) is 1. The van der Waals surface area contributed by atoms with Gasteiger partial charge in [-0.3, -0.25) is 9.59 Å². The number of carbonyl (C=O) groups is 2. The van der Waals surface area contributed by atoms with Crippen molar-refractivity contribution in [2.24, 2.45) is 0 Å². The quantitative estimate of drug-likeness (QED) is 0.635. The molecule has 4 rings (SSSR count). The third-order valence-corrected chi connectivity index (χ3v) is 6.17. The van der Waals surface area contributed by atoms with Crippen LogP contribution >= 0.6 is 0 Å². The molecule has 1 aromatic heterocycles. The van der Waals surface area contributed by atoms with Crippen LogP contribution in [0.1, 0.15) is 61.9 Å². The number of nitriles is 2. The van der Waals surface area contributed by atoms with E-state index < -0.39 is 0 Å². The van der Waals surface area contributed by atoms with Gasteiger partial charge in [-0.15, -0.1) is 0 Å². The van der Waals surface area contributed by atoms with E-state index in [4.69, 9.17) is 10.5 Å². The molecule has 0 unspecified atom stereocenters. The van der Waals surface area contributed by atoms with Gasteiger partial charge in [-0.05, 0) is 73.2 Å². The molecule has 7 heteroatoms. The van der Waals surface area contributed by atoms with Crippen LogP contribution in [0, 0.1) is 29.6 Å². The Hall–Kier alpha value is -4.49. The molecular formula is C27H23N5O2. The molecule has 0 atom stereocenters. The van der Waals surface area contributed by atoms with Crippen molar-refractivity contribution in [2.45, 2.75) is 25.7 Å². The van der Waals surface area contributed by atoms with Crippen LogP contribution in [0.4, 0.5) is 5.69 Å². The smallest absolute Gasteiger partial charge is 0.257 e. The molecular weight excluding hydrogens is 426 g/mol. The third-order valence-electron chi connectivity index (χ3n) is 6.17. The Balaban J connectivity index is 1.41. The summed E-state index contributed by atoms with van der Waals surface area (Å²) in [6.45, 7) is 3.16. The predicted octanol–water partition coefficient (Wildman–Crippen LogP) is 4.41. The van der Waals surface area contributed by atoms with Gasteiger partial charge in [0.25, 0.3) is 11.8 Å². The highest BCUT2D eigenvalue weighted by Gasteiger charge is 2.25. The lowest BCUT2D eigenvalue weighted by Crippen LogP contribution is -2.38. The number of anilines is 1. The average molecular weight is 450 g/mol. The summed E-state index contributed by atoms with van der Waals surface area (Å²) in [5.74, 6) is -0.0487. The maximum absolute atomic E-state index is 13.2. The zero-order valence-electron chi connectivity index (χ0n) is 18.8. The second-order valence-electron chi connectivity index (χ2n) is 8.33. The van der Waals surface area contributed by atoms with Crippen LogP contribution in [0.15, 0.2) is 60.8 Å². The van der Waals surface area contributed by atoms with E-state index >= 15 is 0 Å². The van der Waals surface area contributed by atoms with Gasteiger partial charge in [0, 0.05) is 30.5 Å². The minimum Gasteiger partial charge on any atom is -0.339 e. The molecule has 34 heavy (non-hydrogen) atoms. The number of nitrogens with one attached hydrogen (secondary N) is 1. The lowest BCUT2D eigenvalue weighted by Gasteiger charge is -2.32. The number of rotatable bonds is 4. The van der Waals surface area contributed by atoms with Crippen molar-refractivity contribution in [3.8, 4) is 12.1 Å². The standard InChI is InChI=1S/C27H23N5O2/c1-18-2-5-22(14-25(18)31-26(33)23-8-9-24(16-29)30-17-23)27(34)32-12-10-21(11-13-32)20-6-3-19(15-28)4-7-20/h2-9,14,17,21H,10-13H2,1H3,(H,31,33). The molecule has 0 radical (unpaired) electrons. The molecule has 7 nitrogen and oxygen atoms in total. The number of aryl methyl sites for hydroxylation is 1. The lowest BCUT2D eigenvalue weighted by molar-refractivity contribution is 0.0712. The second kappa shape index (κ2) is 9.97. The third kappa shape index (κ3) is 4.95. The van der Waals surface area contributed by atoms with Crippen LogP contribution in [0.25, 0.3) is 0 Å². The van der Waals surface area contributed by atoms with Gasteiger partial charge in [0.2, 0.25) is 0 Å². The first-order valence-electron chi connectivity index (χ1n) is 11.1. The maximum atomic E-state index is 13.2. The molecule has 0 aliphatic carbocycles. The molecule has 168 valence electrons. The zero-order valence-corrected chi connectivity index (χ0v) is 18.8. The van der Waals surface area contributed by atoms with Crippen molar-refractivity contribution in [1.82, 2.24) is 9.88 Å². The number of piperidine rings is 1. The van der Waals surface area contributed by atoms with Gasteiger partial charge in [0.1, 0.15) is 11.8 Å². The van der Waals surface area contributed by atoms with E-state index in [1.807, 2.05) is 48.2 Å². The number of benzene rings is 2. The van der Waals surface area contributed by atoms with Crippen LogP contribution in [0.5, 0.6) is 0 Å². The Morgan fingerprint density at radius 2 is 1.68 bits per heavy atom. The normalized spacial score (nSPS) is 13.6. The minimum atomic E-state index is -0.354. The van der Waals surface area contributed by atoms with E-state index in [0.717, 1.165) is 18.4 Å². The van der Waals surface area contributed by atoms with Crippen LogP contribution in [0.3, 0.4) is 0 Å². The SMILES string of the molecule is Cc1ccc(C(=O)N2CCC(c3ccc(C#N)cc3)CC2)cc1NC(=O)c1ccc(C#N)nc1. The largest absolute Gasteiger partial charge is 0.339 e. The van der Waals surface area contributed by atoms with Crippen molar-refractivity contribution in [1.29, 1.82) is 10.5 Å². The summed E-state index contributed by atoms with van der Waals surface area (Å²) in [5.41, 5.74) is 4.34. The summed E-state index contributed by atoms with van der Waals surface area (Å²) in [6, 6.07) is 20.1. The zero-order chi connectivity index (χ0) is 24.1. The highest BCUT2D eigenvalue weighted by atomic mass is 16.2. The number of amides is 2. The fourth-order valence-electron chi connectivity index (χ4n) is 4.11. The summed E-state index contributed by atoms with van der Waals surface area (Å²) < 4.78 is 0. The van der Waals surface area contributed by atoms with Gasteiger partial charge in [-0.25, -0.2) is 4.98 Å². The molecule has 1 aliphatic heterocycles. The van der Waals surface area contributed by atoms with E-state index in [1.165, 1.54) is 17.8 Å². The number of likely N-dealkylation sites (tertiary alicyclic amines) is 1. The summed E-state index contributed by atoms with van der Waals surface area (Å²) >= 11 is 0. The van der Waals surface area contributed by atoms with Gasteiger partial charge >= 0.3 is 0 Å². The van der Waals surface area contributed by atoms with E-state index in [1.54, 1.807) is 18.2 Å². The Morgan fingerprint density at radius 3 is 2.29 bits per heavy atom. The van der Waals surface area contributed by atoms with Gasteiger partial charge in [-0.1, -0.05) is 18.2 Å². The summed E-state index contributed by atoms with van der Waals surface area (Å²) in [5, 5.41) is 20.7. The van der Waals surface area contributed by atoms with Crippen molar-refractivity contribution >= 4 is 17.5 Å². The van der Waals surface area contributed by atoms with E-state index in [9.17, 15) is 9.59 Å². The van der Waals surface area contributed by atoms with E-state index in [-0.39, 0.29) is 17.5 Å². The van der Waals surface area contributed by atoms with Gasteiger partial charge in [0.15, 0.2) is 0 Å². The number of carbonyl (C=O) groups excluding carboxylic acids is 2.